The highest BCUT2D eigenvalue weighted by Gasteiger charge is 2.16. The van der Waals surface area contributed by atoms with Gasteiger partial charge in [0.25, 0.3) is 0 Å². The van der Waals surface area contributed by atoms with E-state index in [2.05, 4.69) is 42.7 Å². The van der Waals surface area contributed by atoms with Crippen molar-refractivity contribution in [3.63, 3.8) is 0 Å². The first-order valence-electron chi connectivity index (χ1n) is 6.37. The van der Waals surface area contributed by atoms with Crippen LogP contribution >= 0.6 is 11.3 Å². The van der Waals surface area contributed by atoms with Crippen LogP contribution in [0, 0.1) is 5.92 Å². The Morgan fingerprint density at radius 1 is 1.42 bits per heavy atom. The van der Waals surface area contributed by atoms with E-state index in [4.69, 9.17) is 4.74 Å². The van der Waals surface area contributed by atoms with Gasteiger partial charge in [0.15, 0.2) is 5.13 Å². The zero-order chi connectivity index (χ0) is 14.4. The minimum absolute atomic E-state index is 0.319. The highest BCUT2D eigenvalue weighted by Crippen LogP contribution is 2.23. The van der Waals surface area contributed by atoms with Crippen molar-refractivity contribution in [1.29, 1.82) is 0 Å². The van der Waals surface area contributed by atoms with Crippen LogP contribution in [0.15, 0.2) is 6.20 Å². The zero-order valence-electron chi connectivity index (χ0n) is 12.3. The molecule has 108 valence electrons. The molecule has 0 aromatic carbocycles. The first kappa shape index (κ1) is 15.9. The molecule has 19 heavy (non-hydrogen) atoms. The summed E-state index contributed by atoms with van der Waals surface area (Å²) in [6, 6.07) is 0. The van der Waals surface area contributed by atoms with Crippen LogP contribution in [0.4, 0.5) is 5.13 Å². The summed E-state index contributed by atoms with van der Waals surface area (Å²) in [7, 11) is 5.49. The standard InChI is InChI=1S/C13H23N3O2S/c1-10(2)9-16(7-6-15(3)4)13-14-8-11(19-13)12(17)18-5/h8,10H,6-7,9H2,1-5H3. The van der Waals surface area contributed by atoms with Crippen molar-refractivity contribution in [2.45, 2.75) is 13.8 Å². The third-order valence-electron chi connectivity index (χ3n) is 2.55. The van der Waals surface area contributed by atoms with E-state index in [1.165, 1.54) is 18.4 Å². The van der Waals surface area contributed by atoms with Gasteiger partial charge in [-0.2, -0.15) is 0 Å². The van der Waals surface area contributed by atoms with E-state index in [9.17, 15) is 4.79 Å². The maximum absolute atomic E-state index is 11.5. The Bertz CT molecular complexity index is 404. The molecular weight excluding hydrogens is 262 g/mol. The molecule has 0 aliphatic rings. The lowest BCUT2D eigenvalue weighted by molar-refractivity contribution is 0.0606. The monoisotopic (exact) mass is 285 g/mol. The Kier molecular flexibility index (Phi) is 6.24. The van der Waals surface area contributed by atoms with Gasteiger partial charge in [0.1, 0.15) is 4.88 Å². The van der Waals surface area contributed by atoms with Gasteiger partial charge in [0.2, 0.25) is 0 Å². The number of methoxy groups -OCH3 is 1. The Labute approximate surface area is 119 Å². The second-order valence-corrected chi connectivity index (χ2v) is 6.15. The molecule has 0 saturated carbocycles. The van der Waals surface area contributed by atoms with Crippen molar-refractivity contribution >= 4 is 22.4 Å². The molecule has 1 aromatic rings. The Morgan fingerprint density at radius 3 is 2.63 bits per heavy atom. The fourth-order valence-electron chi connectivity index (χ4n) is 1.63. The Hall–Kier alpha value is -1.14. The molecule has 0 N–H and O–H groups in total. The molecule has 0 bridgehead atoms. The second-order valence-electron chi connectivity index (χ2n) is 5.14. The van der Waals surface area contributed by atoms with Gasteiger partial charge >= 0.3 is 5.97 Å². The number of esters is 1. The molecule has 1 heterocycles. The van der Waals surface area contributed by atoms with E-state index in [1.807, 2.05) is 0 Å². The number of anilines is 1. The summed E-state index contributed by atoms with van der Waals surface area (Å²) >= 11 is 1.39. The van der Waals surface area contributed by atoms with Gasteiger partial charge in [0, 0.05) is 19.6 Å². The number of likely N-dealkylation sites (N-methyl/N-ethyl adjacent to an activating group) is 1. The summed E-state index contributed by atoms with van der Waals surface area (Å²) in [5.41, 5.74) is 0. The van der Waals surface area contributed by atoms with Crippen molar-refractivity contribution in [2.24, 2.45) is 5.92 Å². The van der Waals surface area contributed by atoms with Gasteiger partial charge in [-0.25, -0.2) is 9.78 Å². The highest BCUT2D eigenvalue weighted by atomic mass is 32.1. The third kappa shape index (κ3) is 5.16. The first-order valence-corrected chi connectivity index (χ1v) is 7.19. The van der Waals surface area contributed by atoms with Gasteiger partial charge in [-0.05, 0) is 20.0 Å². The number of aromatic nitrogens is 1. The lowest BCUT2D eigenvalue weighted by atomic mass is 10.2. The van der Waals surface area contributed by atoms with Crippen LogP contribution < -0.4 is 4.90 Å². The van der Waals surface area contributed by atoms with Crippen LogP contribution in [0.5, 0.6) is 0 Å². The van der Waals surface area contributed by atoms with E-state index in [0.717, 1.165) is 24.8 Å². The van der Waals surface area contributed by atoms with Gasteiger partial charge in [-0.3, -0.25) is 0 Å². The second kappa shape index (κ2) is 7.45. The molecule has 0 spiro atoms. The van der Waals surface area contributed by atoms with E-state index < -0.39 is 0 Å². The zero-order valence-corrected chi connectivity index (χ0v) is 13.2. The minimum Gasteiger partial charge on any atom is -0.465 e. The van der Waals surface area contributed by atoms with Gasteiger partial charge in [-0.15, -0.1) is 0 Å². The predicted molar refractivity (Wildman–Crippen MR) is 79.1 cm³/mol. The van der Waals surface area contributed by atoms with Gasteiger partial charge < -0.3 is 14.5 Å². The van der Waals surface area contributed by atoms with Crippen LogP contribution in [0.2, 0.25) is 0 Å². The van der Waals surface area contributed by atoms with Gasteiger partial charge in [0.05, 0.1) is 13.3 Å². The molecule has 0 aliphatic carbocycles. The fraction of sp³-hybridized carbons (Fsp3) is 0.692. The van der Waals surface area contributed by atoms with Crippen LogP contribution in [0.1, 0.15) is 23.5 Å². The topological polar surface area (TPSA) is 45.7 Å². The summed E-state index contributed by atoms with van der Waals surface area (Å²) in [6.45, 7) is 7.15. The van der Waals surface area contributed by atoms with E-state index >= 15 is 0 Å². The predicted octanol–water partition coefficient (Wildman–Crippen LogP) is 1.95. The SMILES string of the molecule is COC(=O)c1cnc(N(CCN(C)C)CC(C)C)s1. The smallest absolute Gasteiger partial charge is 0.349 e. The largest absolute Gasteiger partial charge is 0.465 e. The molecule has 5 nitrogen and oxygen atoms in total. The minimum atomic E-state index is -0.319. The van der Waals surface area contributed by atoms with Crippen molar-refractivity contribution in [3.8, 4) is 0 Å². The number of thiazole rings is 1. The molecule has 0 radical (unpaired) electrons. The Balaban J connectivity index is 2.78. The third-order valence-corrected chi connectivity index (χ3v) is 3.59. The quantitative estimate of drug-likeness (QED) is 0.717. The maximum atomic E-state index is 11.5. The van der Waals surface area contributed by atoms with Crippen molar-refractivity contribution in [1.82, 2.24) is 9.88 Å². The van der Waals surface area contributed by atoms with Crippen LogP contribution in [0.25, 0.3) is 0 Å². The molecule has 0 atom stereocenters. The average molecular weight is 285 g/mol. The normalized spacial score (nSPS) is 11.1. The number of ether oxygens (including phenoxy) is 1. The lowest BCUT2D eigenvalue weighted by Crippen LogP contribution is -2.34. The Morgan fingerprint density at radius 2 is 2.11 bits per heavy atom. The fourth-order valence-corrected chi connectivity index (χ4v) is 2.50. The van der Waals surface area contributed by atoms with Gasteiger partial charge in [-0.1, -0.05) is 25.2 Å². The van der Waals surface area contributed by atoms with Crippen LogP contribution in [0.3, 0.4) is 0 Å². The van der Waals surface area contributed by atoms with E-state index in [0.29, 0.717) is 10.8 Å². The number of carbonyl (C=O) groups excluding carboxylic acids is 1. The van der Waals surface area contributed by atoms with Crippen LogP contribution in [-0.2, 0) is 4.74 Å². The molecular formula is C13H23N3O2S. The summed E-state index contributed by atoms with van der Waals surface area (Å²) in [4.78, 5) is 20.7. The van der Waals surface area contributed by atoms with Crippen molar-refractivity contribution in [3.05, 3.63) is 11.1 Å². The summed E-state index contributed by atoms with van der Waals surface area (Å²) in [5, 5.41) is 0.885. The lowest BCUT2D eigenvalue weighted by Gasteiger charge is -2.25. The molecule has 0 fully saturated rings. The number of hydrogen-bond acceptors (Lipinski definition) is 6. The van der Waals surface area contributed by atoms with Crippen molar-refractivity contribution < 1.29 is 9.53 Å². The molecule has 6 heteroatoms. The van der Waals surface area contributed by atoms with E-state index in [-0.39, 0.29) is 5.97 Å². The average Bonchev–Trinajstić information content (AvgIpc) is 2.82. The summed E-state index contributed by atoms with van der Waals surface area (Å²) in [5.74, 6) is 0.230. The highest BCUT2D eigenvalue weighted by molar-refractivity contribution is 7.17. The molecule has 1 aromatic heterocycles. The van der Waals surface area contributed by atoms with Crippen LogP contribution in [-0.4, -0.2) is 56.7 Å². The molecule has 0 aliphatic heterocycles. The summed E-state index contributed by atoms with van der Waals surface area (Å²) < 4.78 is 4.71. The molecule has 0 saturated heterocycles. The molecule has 0 unspecified atom stereocenters. The number of nitrogens with zero attached hydrogens (tertiary/aromatic N) is 3. The van der Waals surface area contributed by atoms with Crippen molar-refractivity contribution in [2.75, 3.05) is 45.7 Å². The first-order chi connectivity index (χ1) is 8.93. The summed E-state index contributed by atoms with van der Waals surface area (Å²) in [6.07, 6.45) is 1.59. The maximum Gasteiger partial charge on any atom is 0.349 e. The number of rotatable bonds is 7. The van der Waals surface area contributed by atoms with E-state index in [1.54, 1.807) is 6.20 Å². The number of hydrogen-bond donors (Lipinski definition) is 0. The molecule has 0 amide bonds. The molecule has 1 rings (SSSR count). The number of carbonyl (C=O) groups is 1.